The number of nitrogens with one attached hydrogen (secondary N) is 1. The molecule has 0 amide bonds. The fraction of sp³-hybridized carbons (Fsp3) is 0.500. The highest BCUT2D eigenvalue weighted by Crippen LogP contribution is 2.39. The van der Waals surface area contributed by atoms with Gasteiger partial charge in [-0.2, -0.15) is 0 Å². The van der Waals surface area contributed by atoms with Crippen molar-refractivity contribution in [2.24, 2.45) is 5.41 Å². The van der Waals surface area contributed by atoms with Crippen molar-refractivity contribution in [3.8, 4) is 0 Å². The first-order chi connectivity index (χ1) is 8.52. The number of halogens is 1. The quantitative estimate of drug-likeness (QED) is 0.868. The molecule has 18 heavy (non-hydrogen) atoms. The molecule has 96 valence electrons. The van der Waals surface area contributed by atoms with Crippen LogP contribution in [-0.4, -0.2) is 11.0 Å². The number of hydrogen-bond acceptors (Lipinski definition) is 3. The summed E-state index contributed by atoms with van der Waals surface area (Å²) in [4.78, 5) is 4.45. The Balaban J connectivity index is 1.79. The molecule has 0 bridgehead atoms. The van der Waals surface area contributed by atoms with Gasteiger partial charge in [0.25, 0.3) is 0 Å². The minimum absolute atomic E-state index is 0.221. The topological polar surface area (TPSA) is 24.9 Å². The Labute approximate surface area is 110 Å². The molecule has 1 N–H and O–H groups in total. The summed E-state index contributed by atoms with van der Waals surface area (Å²) in [7, 11) is 0. The fourth-order valence-corrected chi connectivity index (χ4v) is 3.62. The van der Waals surface area contributed by atoms with E-state index in [1.54, 1.807) is 17.4 Å². The second kappa shape index (κ2) is 4.19. The van der Waals surface area contributed by atoms with E-state index >= 15 is 0 Å². The molecular weight excluding hydrogens is 247 g/mol. The summed E-state index contributed by atoms with van der Waals surface area (Å²) in [5.74, 6) is -0.221. The molecule has 3 rings (SSSR count). The van der Waals surface area contributed by atoms with Crippen LogP contribution in [0.2, 0.25) is 0 Å². The van der Waals surface area contributed by atoms with Crippen LogP contribution in [0.4, 0.5) is 9.52 Å². The molecule has 1 atom stereocenters. The molecule has 1 heterocycles. The molecule has 0 saturated heterocycles. The number of benzene rings is 1. The van der Waals surface area contributed by atoms with Gasteiger partial charge in [0.1, 0.15) is 5.82 Å². The lowest BCUT2D eigenvalue weighted by Crippen LogP contribution is -2.17. The Morgan fingerprint density at radius 2 is 2.28 bits per heavy atom. The lowest BCUT2D eigenvalue weighted by atomic mass is 9.92. The highest BCUT2D eigenvalue weighted by Gasteiger charge is 2.31. The minimum atomic E-state index is -0.221. The molecule has 1 aromatic carbocycles. The molecule has 0 spiro atoms. The van der Waals surface area contributed by atoms with Gasteiger partial charge in [0.05, 0.1) is 10.2 Å². The Morgan fingerprint density at radius 3 is 3.00 bits per heavy atom. The van der Waals surface area contributed by atoms with Crippen LogP contribution in [0, 0.1) is 11.2 Å². The summed E-state index contributed by atoms with van der Waals surface area (Å²) in [5, 5.41) is 4.41. The van der Waals surface area contributed by atoms with Gasteiger partial charge >= 0.3 is 0 Å². The second-order valence-electron chi connectivity index (χ2n) is 5.88. The zero-order valence-corrected chi connectivity index (χ0v) is 11.5. The Kier molecular flexibility index (Phi) is 2.77. The minimum Gasteiger partial charge on any atom is -0.359 e. The first kappa shape index (κ1) is 11.9. The number of aromatic nitrogens is 1. The van der Waals surface area contributed by atoms with Crippen LogP contribution in [0.15, 0.2) is 18.2 Å². The summed E-state index contributed by atoms with van der Waals surface area (Å²) in [6.07, 6.45) is 3.62. The van der Waals surface area contributed by atoms with Crippen molar-refractivity contribution in [2.45, 2.75) is 39.2 Å². The predicted octanol–water partition coefficient (Wildman–Crippen LogP) is 4.43. The molecule has 0 aliphatic heterocycles. The second-order valence-corrected chi connectivity index (χ2v) is 6.91. The molecular formula is C14H17FN2S. The van der Waals surface area contributed by atoms with Crippen molar-refractivity contribution in [1.29, 1.82) is 0 Å². The average molecular weight is 264 g/mol. The highest BCUT2D eigenvalue weighted by molar-refractivity contribution is 7.22. The fourth-order valence-electron chi connectivity index (χ4n) is 2.70. The van der Waals surface area contributed by atoms with E-state index in [1.165, 1.54) is 31.4 Å². The van der Waals surface area contributed by atoms with Gasteiger partial charge in [-0.1, -0.05) is 25.2 Å². The van der Waals surface area contributed by atoms with Gasteiger partial charge in [0, 0.05) is 12.1 Å². The number of anilines is 1. The third-order valence-corrected chi connectivity index (χ3v) is 4.61. The summed E-state index contributed by atoms with van der Waals surface area (Å²) < 4.78 is 14.1. The van der Waals surface area contributed by atoms with Gasteiger partial charge in [-0.05, 0) is 36.8 Å². The zero-order chi connectivity index (χ0) is 12.8. The molecule has 1 fully saturated rings. The van der Waals surface area contributed by atoms with Crippen molar-refractivity contribution in [1.82, 2.24) is 4.98 Å². The van der Waals surface area contributed by atoms with Crippen LogP contribution in [0.5, 0.6) is 0 Å². The van der Waals surface area contributed by atoms with E-state index in [0.717, 1.165) is 15.3 Å². The predicted molar refractivity (Wildman–Crippen MR) is 74.6 cm³/mol. The van der Waals surface area contributed by atoms with E-state index in [-0.39, 0.29) is 5.82 Å². The summed E-state index contributed by atoms with van der Waals surface area (Å²) in [6.45, 7) is 4.62. The molecule has 1 aliphatic carbocycles. The van der Waals surface area contributed by atoms with E-state index < -0.39 is 0 Å². The van der Waals surface area contributed by atoms with E-state index in [1.807, 2.05) is 0 Å². The summed E-state index contributed by atoms with van der Waals surface area (Å²) >= 11 is 1.60. The monoisotopic (exact) mass is 264 g/mol. The van der Waals surface area contributed by atoms with Crippen molar-refractivity contribution < 1.29 is 4.39 Å². The van der Waals surface area contributed by atoms with Crippen molar-refractivity contribution in [3.05, 3.63) is 24.0 Å². The molecule has 1 aromatic heterocycles. The summed E-state index contributed by atoms with van der Waals surface area (Å²) in [6, 6.07) is 5.29. The van der Waals surface area contributed by atoms with E-state index in [0.29, 0.717) is 11.5 Å². The van der Waals surface area contributed by atoms with Crippen molar-refractivity contribution in [3.63, 3.8) is 0 Å². The number of thiazole rings is 1. The van der Waals surface area contributed by atoms with Crippen LogP contribution < -0.4 is 5.32 Å². The lowest BCUT2D eigenvalue weighted by molar-refractivity contribution is 0.378. The maximum atomic E-state index is 13.1. The van der Waals surface area contributed by atoms with Crippen molar-refractivity contribution in [2.75, 3.05) is 5.32 Å². The molecule has 2 aromatic rings. The molecule has 2 nitrogen and oxygen atoms in total. The van der Waals surface area contributed by atoms with Gasteiger partial charge in [-0.3, -0.25) is 0 Å². The zero-order valence-electron chi connectivity index (χ0n) is 10.7. The van der Waals surface area contributed by atoms with Gasteiger partial charge < -0.3 is 5.32 Å². The number of rotatable bonds is 2. The third-order valence-electron chi connectivity index (χ3n) is 3.65. The Hall–Kier alpha value is -1.16. The average Bonchev–Trinajstić information content (AvgIpc) is 2.81. The number of fused-ring (bicyclic) bond motifs is 1. The molecule has 0 radical (unpaired) electrons. The smallest absolute Gasteiger partial charge is 0.184 e. The normalized spacial score (nSPS) is 22.5. The summed E-state index contributed by atoms with van der Waals surface area (Å²) in [5.41, 5.74) is 1.18. The third kappa shape index (κ3) is 2.34. The first-order valence-electron chi connectivity index (χ1n) is 6.34. The largest absolute Gasteiger partial charge is 0.359 e. The van der Waals surface area contributed by atoms with E-state index in [2.05, 4.69) is 24.1 Å². The number of nitrogens with zero attached hydrogens (tertiary/aromatic N) is 1. The number of hydrogen-bond donors (Lipinski definition) is 1. The SMILES string of the molecule is CC1(C)CCC(Nc2nc3cc(F)ccc3s2)C1. The van der Waals surface area contributed by atoms with E-state index in [9.17, 15) is 4.39 Å². The van der Waals surface area contributed by atoms with Crippen LogP contribution in [0.25, 0.3) is 10.2 Å². The molecule has 1 unspecified atom stereocenters. The van der Waals surface area contributed by atoms with Gasteiger partial charge in [-0.25, -0.2) is 9.37 Å². The molecule has 4 heteroatoms. The highest BCUT2D eigenvalue weighted by atomic mass is 32.1. The standard InChI is InChI=1S/C14H17FN2S/c1-14(2)6-5-10(8-14)16-13-17-11-7-9(15)3-4-12(11)18-13/h3-4,7,10H,5-6,8H2,1-2H3,(H,16,17). The van der Waals surface area contributed by atoms with Crippen LogP contribution in [-0.2, 0) is 0 Å². The van der Waals surface area contributed by atoms with Gasteiger partial charge in [-0.15, -0.1) is 0 Å². The van der Waals surface area contributed by atoms with Crippen LogP contribution in [0.1, 0.15) is 33.1 Å². The maximum absolute atomic E-state index is 13.1. The lowest BCUT2D eigenvalue weighted by Gasteiger charge is -2.17. The van der Waals surface area contributed by atoms with Gasteiger partial charge in [0.15, 0.2) is 5.13 Å². The van der Waals surface area contributed by atoms with Crippen LogP contribution in [0.3, 0.4) is 0 Å². The first-order valence-corrected chi connectivity index (χ1v) is 7.16. The Morgan fingerprint density at radius 1 is 1.44 bits per heavy atom. The maximum Gasteiger partial charge on any atom is 0.184 e. The molecule has 1 aliphatic rings. The van der Waals surface area contributed by atoms with Crippen molar-refractivity contribution >= 4 is 26.7 Å². The van der Waals surface area contributed by atoms with Crippen LogP contribution >= 0.6 is 11.3 Å². The van der Waals surface area contributed by atoms with Gasteiger partial charge in [0.2, 0.25) is 0 Å². The molecule has 1 saturated carbocycles. The van der Waals surface area contributed by atoms with E-state index in [4.69, 9.17) is 0 Å². The Bertz CT molecular complexity index is 576.